The van der Waals surface area contributed by atoms with Gasteiger partial charge in [0.2, 0.25) is 5.95 Å². The number of nitrogens with zero attached hydrogens (tertiary/aromatic N) is 4. The van der Waals surface area contributed by atoms with Gasteiger partial charge < -0.3 is 25.4 Å². The van der Waals surface area contributed by atoms with Gasteiger partial charge in [0.15, 0.2) is 12.4 Å². The minimum absolute atomic E-state index is 0.162. The van der Waals surface area contributed by atoms with Crippen LogP contribution in [0.15, 0.2) is 55.0 Å². The molecule has 0 spiro atoms. The second kappa shape index (κ2) is 12.9. The normalized spacial score (nSPS) is 11.9. The number of rotatable bonds is 11. The monoisotopic (exact) mass is 555 g/mol. The van der Waals surface area contributed by atoms with Crippen molar-refractivity contribution in [3.63, 3.8) is 0 Å². The summed E-state index contributed by atoms with van der Waals surface area (Å²) in [5.41, 5.74) is 3.61. The molecule has 0 radical (unpaired) electrons. The number of amides is 1. The summed E-state index contributed by atoms with van der Waals surface area (Å²) in [7, 11) is 1.85. The summed E-state index contributed by atoms with van der Waals surface area (Å²) < 4.78 is 12.9. The molecule has 0 aliphatic heterocycles. The Hall–Kier alpha value is -4.95. The van der Waals surface area contributed by atoms with Crippen molar-refractivity contribution in [3.05, 3.63) is 60.6 Å². The van der Waals surface area contributed by atoms with E-state index in [-0.39, 0.29) is 6.54 Å². The lowest BCUT2D eigenvalue weighted by Crippen LogP contribution is -2.44. The fourth-order valence-corrected chi connectivity index (χ4v) is 3.88. The molecule has 1 atom stereocenters. The van der Waals surface area contributed by atoms with Gasteiger partial charge in [0.1, 0.15) is 12.4 Å². The number of ether oxygens (including phenoxy) is 2. The molecule has 0 saturated carbocycles. The number of fused-ring (bicyclic) bond motifs is 1. The van der Waals surface area contributed by atoms with E-state index in [1.807, 2.05) is 70.4 Å². The largest absolute Gasteiger partial charge is 0.492 e. The zero-order chi connectivity index (χ0) is 29.4. The molecule has 0 fully saturated rings. The molecule has 2 heterocycles. The highest BCUT2D eigenvalue weighted by molar-refractivity contribution is 5.81. The summed E-state index contributed by atoms with van der Waals surface area (Å²) in [5, 5.41) is 14.1. The molecule has 1 amide bonds. The Morgan fingerprint density at radius 2 is 2.00 bits per heavy atom. The lowest BCUT2D eigenvalue weighted by Gasteiger charge is -2.21. The fraction of sp³-hybridized carbons (Fsp3) is 0.300. The minimum atomic E-state index is -0.915. The molecule has 0 saturated heterocycles. The van der Waals surface area contributed by atoms with Gasteiger partial charge in [-0.25, -0.2) is 14.8 Å². The third-order valence-electron chi connectivity index (χ3n) is 5.73. The first-order valence-corrected chi connectivity index (χ1v) is 13.0. The van der Waals surface area contributed by atoms with Gasteiger partial charge >= 0.3 is 6.09 Å². The van der Waals surface area contributed by atoms with E-state index in [1.165, 1.54) is 0 Å². The van der Waals surface area contributed by atoms with Crippen LogP contribution < -0.4 is 20.7 Å². The van der Waals surface area contributed by atoms with Crippen molar-refractivity contribution in [2.45, 2.75) is 32.4 Å². The van der Waals surface area contributed by atoms with E-state index < -0.39 is 17.7 Å². The number of terminal acetylenes is 1. The van der Waals surface area contributed by atoms with Gasteiger partial charge in [-0.2, -0.15) is 5.10 Å². The van der Waals surface area contributed by atoms with Gasteiger partial charge in [-0.3, -0.25) is 9.48 Å². The summed E-state index contributed by atoms with van der Waals surface area (Å²) >= 11 is 0. The second-order valence-electron chi connectivity index (χ2n) is 10.4. The second-order valence-corrected chi connectivity index (χ2v) is 10.4. The molecule has 1 unspecified atom stereocenters. The van der Waals surface area contributed by atoms with E-state index in [4.69, 9.17) is 15.9 Å². The molecule has 0 bridgehead atoms. The van der Waals surface area contributed by atoms with E-state index in [1.54, 1.807) is 17.1 Å². The highest BCUT2D eigenvalue weighted by atomic mass is 16.6. The Morgan fingerprint density at radius 1 is 1.17 bits per heavy atom. The van der Waals surface area contributed by atoms with E-state index in [2.05, 4.69) is 36.9 Å². The first-order valence-electron chi connectivity index (χ1n) is 13.0. The van der Waals surface area contributed by atoms with Crippen LogP contribution in [0.4, 0.5) is 16.4 Å². The van der Waals surface area contributed by atoms with Crippen LogP contribution in [0, 0.1) is 12.3 Å². The standard InChI is InChI=1S/C30H33N7O4/c1-6-20-7-8-27-22(11-20)15-32-28(35-27)34-24-12-21(23-16-33-37(5)18-23)13-25(14-24)40-10-9-31-17-26(19-38)41-29(39)36-30(2,3)4/h1,7-8,11-16,18-19,26,31H,9-10,17H2,2-5H3,(H,36,39)(H,32,34,35). The number of benzene rings is 2. The van der Waals surface area contributed by atoms with Crippen LogP contribution in [0.2, 0.25) is 0 Å². The van der Waals surface area contributed by atoms with E-state index >= 15 is 0 Å². The van der Waals surface area contributed by atoms with Crippen molar-refractivity contribution in [2.24, 2.45) is 7.05 Å². The molecule has 3 N–H and O–H groups in total. The third-order valence-corrected chi connectivity index (χ3v) is 5.73. The van der Waals surface area contributed by atoms with Crippen LogP contribution in [0.3, 0.4) is 0 Å². The molecule has 4 aromatic rings. The molecule has 41 heavy (non-hydrogen) atoms. The van der Waals surface area contributed by atoms with Crippen molar-refractivity contribution >= 4 is 34.9 Å². The molecule has 2 aromatic carbocycles. The molecule has 0 aliphatic carbocycles. The number of nitrogens with one attached hydrogen (secondary N) is 3. The van der Waals surface area contributed by atoms with Gasteiger partial charge in [-0.1, -0.05) is 5.92 Å². The predicted molar refractivity (Wildman–Crippen MR) is 157 cm³/mol. The van der Waals surface area contributed by atoms with E-state index in [9.17, 15) is 9.59 Å². The molecular weight excluding hydrogens is 522 g/mol. The Balaban J connectivity index is 1.41. The quantitative estimate of drug-likeness (QED) is 0.144. The molecular formula is C30H33N7O4. The topological polar surface area (TPSA) is 132 Å². The maximum atomic E-state index is 11.9. The molecule has 11 heteroatoms. The van der Waals surface area contributed by atoms with Crippen molar-refractivity contribution in [1.29, 1.82) is 0 Å². The van der Waals surface area contributed by atoms with E-state index in [0.29, 0.717) is 31.1 Å². The van der Waals surface area contributed by atoms with Gasteiger partial charge in [0.05, 0.1) is 11.7 Å². The maximum absolute atomic E-state index is 11.9. The number of aryl methyl sites for hydroxylation is 1. The van der Waals surface area contributed by atoms with Crippen molar-refractivity contribution in [3.8, 4) is 29.2 Å². The molecule has 212 valence electrons. The average molecular weight is 556 g/mol. The van der Waals surface area contributed by atoms with Crippen molar-refractivity contribution < 1.29 is 19.1 Å². The molecule has 11 nitrogen and oxygen atoms in total. The van der Waals surface area contributed by atoms with Crippen LogP contribution in [-0.4, -0.2) is 63.5 Å². The zero-order valence-electron chi connectivity index (χ0n) is 23.5. The Kier molecular flexibility index (Phi) is 9.16. The molecule has 2 aromatic heterocycles. The Labute approximate surface area is 238 Å². The number of carbonyl (C=O) groups excluding carboxylic acids is 2. The van der Waals surface area contributed by atoms with Gasteiger partial charge in [0.25, 0.3) is 0 Å². The van der Waals surface area contributed by atoms with Gasteiger partial charge in [0, 0.05) is 66.3 Å². The number of alkyl carbamates (subject to hydrolysis) is 1. The van der Waals surface area contributed by atoms with E-state index in [0.717, 1.165) is 33.3 Å². The SMILES string of the molecule is C#Cc1ccc2nc(Nc3cc(OCCNCC(C=O)OC(=O)NC(C)(C)C)cc(-c4cnn(C)c4)c3)ncc2c1. The van der Waals surface area contributed by atoms with Crippen molar-refractivity contribution in [1.82, 2.24) is 30.4 Å². The zero-order valence-corrected chi connectivity index (χ0v) is 23.5. The number of aldehydes is 1. The van der Waals surface area contributed by atoms with Crippen LogP contribution in [0.25, 0.3) is 22.0 Å². The van der Waals surface area contributed by atoms with Crippen LogP contribution in [-0.2, 0) is 16.6 Å². The Morgan fingerprint density at radius 3 is 2.71 bits per heavy atom. The molecule has 0 aliphatic rings. The van der Waals surface area contributed by atoms with Crippen LogP contribution >= 0.6 is 0 Å². The summed E-state index contributed by atoms with van der Waals surface area (Å²) in [6.07, 6.45) is 9.94. The lowest BCUT2D eigenvalue weighted by molar-refractivity contribution is -0.115. The number of aromatic nitrogens is 4. The number of hydrogen-bond donors (Lipinski definition) is 3. The Bertz CT molecular complexity index is 1570. The highest BCUT2D eigenvalue weighted by Crippen LogP contribution is 2.30. The summed E-state index contributed by atoms with van der Waals surface area (Å²) in [6, 6.07) is 11.3. The maximum Gasteiger partial charge on any atom is 0.408 e. The number of anilines is 2. The summed E-state index contributed by atoms with van der Waals surface area (Å²) in [6.45, 7) is 6.37. The lowest BCUT2D eigenvalue weighted by atomic mass is 10.1. The number of carbonyl (C=O) groups is 2. The third kappa shape index (κ3) is 8.52. The first kappa shape index (κ1) is 29.0. The van der Waals surface area contributed by atoms with Crippen molar-refractivity contribution in [2.75, 3.05) is 25.0 Å². The van der Waals surface area contributed by atoms with Gasteiger partial charge in [-0.05, 0) is 56.7 Å². The predicted octanol–water partition coefficient (Wildman–Crippen LogP) is 3.82. The average Bonchev–Trinajstić information content (AvgIpc) is 3.37. The van der Waals surface area contributed by atoms with Gasteiger partial charge in [-0.15, -0.1) is 6.42 Å². The minimum Gasteiger partial charge on any atom is -0.492 e. The van der Waals surface area contributed by atoms with Crippen LogP contribution in [0.5, 0.6) is 5.75 Å². The summed E-state index contributed by atoms with van der Waals surface area (Å²) in [4.78, 5) is 32.3. The van der Waals surface area contributed by atoms with Crippen LogP contribution in [0.1, 0.15) is 26.3 Å². The summed E-state index contributed by atoms with van der Waals surface area (Å²) in [5.74, 6) is 3.66. The highest BCUT2D eigenvalue weighted by Gasteiger charge is 2.18. The number of hydrogen-bond acceptors (Lipinski definition) is 9. The smallest absolute Gasteiger partial charge is 0.408 e. The first-order chi connectivity index (χ1) is 19.6. The fourth-order valence-electron chi connectivity index (χ4n) is 3.88. The molecule has 4 rings (SSSR count).